The van der Waals surface area contributed by atoms with Crippen molar-refractivity contribution in [3.05, 3.63) is 0 Å². The van der Waals surface area contributed by atoms with Crippen molar-refractivity contribution >= 4 is 9.84 Å². The maximum absolute atomic E-state index is 11.7. The van der Waals surface area contributed by atoms with E-state index >= 15 is 0 Å². The molecule has 0 unspecified atom stereocenters. The van der Waals surface area contributed by atoms with E-state index in [1.54, 1.807) is 0 Å². The van der Waals surface area contributed by atoms with Crippen molar-refractivity contribution in [1.82, 2.24) is 5.32 Å². The SMILES string of the molecule is O=S(=O)(C1CC[N]CC1)C1CC1. The molecule has 0 aromatic heterocycles. The lowest BCUT2D eigenvalue weighted by Crippen LogP contribution is -2.34. The molecule has 0 aromatic rings. The van der Waals surface area contributed by atoms with E-state index in [0.29, 0.717) is 0 Å². The summed E-state index contributed by atoms with van der Waals surface area (Å²) in [5, 5.41) is 4.10. The zero-order valence-corrected chi connectivity index (χ0v) is 7.89. The predicted octanol–water partition coefficient (Wildman–Crippen LogP) is 0.330. The predicted molar refractivity (Wildman–Crippen MR) is 46.8 cm³/mol. The lowest BCUT2D eigenvalue weighted by atomic mass is 10.2. The van der Waals surface area contributed by atoms with Crippen LogP contribution in [0.5, 0.6) is 0 Å². The Morgan fingerprint density at radius 2 is 1.42 bits per heavy atom. The molecule has 0 N–H and O–H groups in total. The lowest BCUT2D eigenvalue weighted by molar-refractivity contribution is 0.489. The van der Waals surface area contributed by atoms with Gasteiger partial charge < -0.3 is 0 Å². The van der Waals surface area contributed by atoms with Crippen LogP contribution in [0.4, 0.5) is 0 Å². The highest BCUT2D eigenvalue weighted by Crippen LogP contribution is 2.33. The Labute approximate surface area is 73.5 Å². The highest BCUT2D eigenvalue weighted by atomic mass is 32.2. The normalized spacial score (nSPS) is 27.3. The molecule has 0 bridgehead atoms. The molecule has 2 aliphatic rings. The Morgan fingerprint density at radius 3 is 1.92 bits per heavy atom. The minimum absolute atomic E-state index is 0.0144. The molecule has 12 heavy (non-hydrogen) atoms. The Balaban J connectivity index is 2.05. The van der Waals surface area contributed by atoms with Crippen LogP contribution in [0, 0.1) is 0 Å². The first kappa shape index (κ1) is 8.51. The summed E-state index contributed by atoms with van der Waals surface area (Å²) in [6.07, 6.45) is 3.32. The van der Waals surface area contributed by atoms with E-state index in [2.05, 4.69) is 5.32 Å². The van der Waals surface area contributed by atoms with Crippen molar-refractivity contribution in [1.29, 1.82) is 0 Å². The van der Waals surface area contributed by atoms with Gasteiger partial charge in [-0.15, -0.1) is 0 Å². The van der Waals surface area contributed by atoms with E-state index in [1.807, 2.05) is 0 Å². The van der Waals surface area contributed by atoms with E-state index in [-0.39, 0.29) is 10.5 Å². The average Bonchev–Trinajstić information content (AvgIpc) is 2.88. The van der Waals surface area contributed by atoms with E-state index in [4.69, 9.17) is 0 Å². The Hall–Kier alpha value is -0.0900. The molecule has 0 amide bonds. The number of hydrogen-bond acceptors (Lipinski definition) is 2. The molecule has 1 saturated carbocycles. The third-order valence-electron chi connectivity index (χ3n) is 2.67. The van der Waals surface area contributed by atoms with Crippen molar-refractivity contribution in [3.63, 3.8) is 0 Å². The van der Waals surface area contributed by atoms with Gasteiger partial charge in [-0.2, -0.15) is 0 Å². The van der Waals surface area contributed by atoms with Crippen molar-refractivity contribution < 1.29 is 8.42 Å². The molecule has 0 aromatic carbocycles. The van der Waals surface area contributed by atoms with Gasteiger partial charge in [-0.1, -0.05) is 0 Å². The number of nitrogens with zero attached hydrogens (tertiary/aromatic N) is 1. The minimum Gasteiger partial charge on any atom is -0.242 e. The molecule has 0 atom stereocenters. The molecular weight excluding hydrogens is 174 g/mol. The summed E-state index contributed by atoms with van der Waals surface area (Å²) < 4.78 is 23.4. The second-order valence-electron chi connectivity index (χ2n) is 3.66. The third kappa shape index (κ3) is 1.50. The second-order valence-corrected chi connectivity index (χ2v) is 6.17. The molecule has 1 aliphatic heterocycles. The third-order valence-corrected chi connectivity index (χ3v) is 5.47. The fourth-order valence-corrected chi connectivity index (χ4v) is 3.93. The van der Waals surface area contributed by atoms with Crippen LogP contribution in [0.2, 0.25) is 0 Å². The minimum atomic E-state index is -2.75. The Kier molecular flexibility index (Phi) is 2.12. The summed E-state index contributed by atoms with van der Waals surface area (Å²) in [7, 11) is -2.75. The van der Waals surface area contributed by atoms with Gasteiger partial charge >= 0.3 is 0 Å². The molecule has 69 valence electrons. The van der Waals surface area contributed by atoms with Crippen molar-refractivity contribution in [3.8, 4) is 0 Å². The largest absolute Gasteiger partial charge is 0.242 e. The Bertz CT molecular complexity index is 250. The van der Waals surface area contributed by atoms with E-state index in [0.717, 1.165) is 38.8 Å². The molecule has 4 heteroatoms. The summed E-state index contributed by atoms with van der Waals surface area (Å²) in [5.74, 6) is 0. The standard InChI is InChI=1S/C8H14NO2S/c10-12(11,7-1-2-7)8-3-5-9-6-4-8/h7-8H,1-6H2. The van der Waals surface area contributed by atoms with Crippen LogP contribution in [0.15, 0.2) is 0 Å². The first-order valence-electron chi connectivity index (χ1n) is 4.57. The highest BCUT2D eigenvalue weighted by Gasteiger charge is 2.41. The van der Waals surface area contributed by atoms with Gasteiger partial charge in [0.25, 0.3) is 0 Å². The summed E-state index contributed by atoms with van der Waals surface area (Å²) in [6.45, 7) is 1.49. The van der Waals surface area contributed by atoms with Crippen LogP contribution < -0.4 is 5.32 Å². The van der Waals surface area contributed by atoms with Gasteiger partial charge in [0, 0.05) is 13.1 Å². The van der Waals surface area contributed by atoms with E-state index in [1.165, 1.54) is 0 Å². The quantitative estimate of drug-likeness (QED) is 0.627. The maximum atomic E-state index is 11.7. The van der Waals surface area contributed by atoms with Crippen LogP contribution in [0.25, 0.3) is 0 Å². The molecule has 1 aliphatic carbocycles. The zero-order valence-electron chi connectivity index (χ0n) is 7.07. The summed E-state index contributed by atoms with van der Waals surface area (Å²) in [5.41, 5.74) is 0. The topological polar surface area (TPSA) is 48.2 Å². The van der Waals surface area contributed by atoms with Gasteiger partial charge in [-0.3, -0.25) is 0 Å². The van der Waals surface area contributed by atoms with Crippen LogP contribution in [0.1, 0.15) is 25.7 Å². The van der Waals surface area contributed by atoms with Gasteiger partial charge in [0.05, 0.1) is 10.5 Å². The van der Waals surface area contributed by atoms with Crippen LogP contribution in [0.3, 0.4) is 0 Å². The van der Waals surface area contributed by atoms with Crippen LogP contribution in [-0.4, -0.2) is 32.0 Å². The molecule has 1 radical (unpaired) electrons. The monoisotopic (exact) mass is 188 g/mol. The summed E-state index contributed by atoms with van der Waals surface area (Å²) in [6, 6.07) is 0. The van der Waals surface area contributed by atoms with Gasteiger partial charge in [0.1, 0.15) is 0 Å². The van der Waals surface area contributed by atoms with Gasteiger partial charge in [-0.25, -0.2) is 13.7 Å². The van der Waals surface area contributed by atoms with Crippen molar-refractivity contribution in [2.45, 2.75) is 36.2 Å². The van der Waals surface area contributed by atoms with Crippen LogP contribution >= 0.6 is 0 Å². The van der Waals surface area contributed by atoms with E-state index in [9.17, 15) is 8.42 Å². The molecular formula is C8H14NO2S. The van der Waals surface area contributed by atoms with Gasteiger partial charge in [-0.05, 0) is 25.7 Å². The highest BCUT2D eigenvalue weighted by molar-refractivity contribution is 7.92. The number of hydrogen-bond donors (Lipinski definition) is 0. The van der Waals surface area contributed by atoms with E-state index < -0.39 is 9.84 Å². The molecule has 2 rings (SSSR count). The molecule has 1 saturated heterocycles. The van der Waals surface area contributed by atoms with Gasteiger partial charge in [0.15, 0.2) is 9.84 Å². The number of sulfone groups is 1. The molecule has 3 nitrogen and oxygen atoms in total. The first-order chi connectivity index (χ1) is 5.71. The lowest BCUT2D eigenvalue weighted by Gasteiger charge is -2.21. The molecule has 1 heterocycles. The van der Waals surface area contributed by atoms with Crippen LogP contribution in [-0.2, 0) is 9.84 Å². The molecule has 2 fully saturated rings. The smallest absolute Gasteiger partial charge is 0.156 e. The average molecular weight is 188 g/mol. The maximum Gasteiger partial charge on any atom is 0.156 e. The summed E-state index contributed by atoms with van der Waals surface area (Å²) in [4.78, 5) is 0. The van der Waals surface area contributed by atoms with Crippen molar-refractivity contribution in [2.75, 3.05) is 13.1 Å². The zero-order chi connectivity index (χ0) is 8.60. The fourth-order valence-electron chi connectivity index (χ4n) is 1.72. The Morgan fingerprint density at radius 1 is 0.917 bits per heavy atom. The number of rotatable bonds is 2. The molecule has 0 spiro atoms. The number of piperidine rings is 1. The van der Waals surface area contributed by atoms with Crippen molar-refractivity contribution in [2.24, 2.45) is 0 Å². The van der Waals surface area contributed by atoms with Gasteiger partial charge in [0.2, 0.25) is 0 Å². The summed E-state index contributed by atoms with van der Waals surface area (Å²) >= 11 is 0. The second kappa shape index (κ2) is 3.00. The fraction of sp³-hybridized carbons (Fsp3) is 1.00. The first-order valence-corrected chi connectivity index (χ1v) is 6.18.